The minimum absolute atomic E-state index is 0.630. The summed E-state index contributed by atoms with van der Waals surface area (Å²) in [6.07, 6.45) is 1.80. The largest absolute Gasteiger partial charge is 0.375 e. The standard InChI is InChI=1S/C8H13BrN2O/c1-3-11-8(6-12-4-2)7(9)5-10-11/h5H,3-4,6H2,1-2H3. The molecule has 1 rings (SSSR count). The average molecular weight is 233 g/mol. The van der Waals surface area contributed by atoms with E-state index in [1.165, 1.54) is 0 Å². The van der Waals surface area contributed by atoms with E-state index in [-0.39, 0.29) is 0 Å². The summed E-state index contributed by atoms with van der Waals surface area (Å²) >= 11 is 3.42. The molecule has 0 N–H and O–H groups in total. The summed E-state index contributed by atoms with van der Waals surface area (Å²) in [5.41, 5.74) is 1.11. The molecule has 0 bridgehead atoms. The Hall–Kier alpha value is -0.350. The molecule has 0 aliphatic carbocycles. The molecule has 1 aromatic heterocycles. The first-order chi connectivity index (χ1) is 5.79. The number of hydrogen-bond donors (Lipinski definition) is 0. The maximum Gasteiger partial charge on any atom is 0.0896 e. The van der Waals surface area contributed by atoms with Crippen molar-refractivity contribution in [2.24, 2.45) is 0 Å². The van der Waals surface area contributed by atoms with Gasteiger partial charge in [-0.3, -0.25) is 4.68 Å². The lowest BCUT2D eigenvalue weighted by atomic mass is 10.4. The number of aryl methyl sites for hydroxylation is 1. The third-order valence-electron chi connectivity index (χ3n) is 1.64. The van der Waals surface area contributed by atoms with Crippen LogP contribution in [-0.4, -0.2) is 16.4 Å². The lowest BCUT2D eigenvalue weighted by Crippen LogP contribution is -2.04. The van der Waals surface area contributed by atoms with Crippen molar-refractivity contribution in [3.8, 4) is 0 Å². The number of aromatic nitrogens is 2. The number of rotatable bonds is 4. The minimum atomic E-state index is 0.630. The van der Waals surface area contributed by atoms with Gasteiger partial charge in [0, 0.05) is 13.2 Å². The van der Waals surface area contributed by atoms with Crippen molar-refractivity contribution in [3.05, 3.63) is 16.4 Å². The highest BCUT2D eigenvalue weighted by molar-refractivity contribution is 9.10. The lowest BCUT2D eigenvalue weighted by molar-refractivity contribution is 0.127. The minimum Gasteiger partial charge on any atom is -0.375 e. The van der Waals surface area contributed by atoms with E-state index in [4.69, 9.17) is 4.74 Å². The Morgan fingerprint density at radius 1 is 1.58 bits per heavy atom. The van der Waals surface area contributed by atoms with Crippen LogP contribution in [0.15, 0.2) is 10.7 Å². The molecule has 1 heterocycles. The zero-order valence-corrected chi connectivity index (χ0v) is 8.97. The second-order valence-corrected chi connectivity index (χ2v) is 3.25. The fraction of sp³-hybridized carbons (Fsp3) is 0.625. The molecule has 68 valence electrons. The highest BCUT2D eigenvalue weighted by Gasteiger charge is 2.06. The van der Waals surface area contributed by atoms with E-state index in [2.05, 4.69) is 28.0 Å². The van der Waals surface area contributed by atoms with E-state index < -0.39 is 0 Å². The van der Waals surface area contributed by atoms with Crippen LogP contribution in [0.25, 0.3) is 0 Å². The molecule has 0 radical (unpaired) electrons. The van der Waals surface area contributed by atoms with Gasteiger partial charge in [-0.1, -0.05) is 0 Å². The fourth-order valence-electron chi connectivity index (χ4n) is 1.00. The predicted molar refractivity (Wildman–Crippen MR) is 50.9 cm³/mol. The molecule has 0 aliphatic heterocycles. The summed E-state index contributed by atoms with van der Waals surface area (Å²) in [5, 5.41) is 4.18. The van der Waals surface area contributed by atoms with Gasteiger partial charge in [0.05, 0.1) is 23.0 Å². The molecule has 4 heteroatoms. The molecular weight excluding hydrogens is 220 g/mol. The first kappa shape index (κ1) is 9.74. The Morgan fingerprint density at radius 2 is 2.33 bits per heavy atom. The van der Waals surface area contributed by atoms with Crippen molar-refractivity contribution in [2.75, 3.05) is 6.61 Å². The van der Waals surface area contributed by atoms with Crippen molar-refractivity contribution in [1.82, 2.24) is 9.78 Å². The molecule has 3 nitrogen and oxygen atoms in total. The summed E-state index contributed by atoms with van der Waals surface area (Å²) in [6.45, 7) is 6.30. The topological polar surface area (TPSA) is 27.1 Å². The summed E-state index contributed by atoms with van der Waals surface area (Å²) in [4.78, 5) is 0. The van der Waals surface area contributed by atoms with E-state index in [0.29, 0.717) is 6.61 Å². The van der Waals surface area contributed by atoms with Crippen LogP contribution in [0.3, 0.4) is 0 Å². The van der Waals surface area contributed by atoms with Gasteiger partial charge in [-0.25, -0.2) is 0 Å². The summed E-state index contributed by atoms with van der Waals surface area (Å²) < 4.78 is 8.27. The van der Waals surface area contributed by atoms with Crippen molar-refractivity contribution in [1.29, 1.82) is 0 Å². The van der Waals surface area contributed by atoms with Gasteiger partial charge in [0.15, 0.2) is 0 Å². The fourth-order valence-corrected chi connectivity index (χ4v) is 1.41. The first-order valence-corrected chi connectivity index (χ1v) is 4.86. The van der Waals surface area contributed by atoms with Crippen LogP contribution in [0, 0.1) is 0 Å². The molecule has 0 unspecified atom stereocenters. The van der Waals surface area contributed by atoms with Crippen LogP contribution in [0.1, 0.15) is 19.5 Å². The third kappa shape index (κ3) is 2.08. The molecule has 1 aromatic rings. The lowest BCUT2D eigenvalue weighted by Gasteiger charge is -2.04. The quantitative estimate of drug-likeness (QED) is 0.797. The molecule has 12 heavy (non-hydrogen) atoms. The monoisotopic (exact) mass is 232 g/mol. The Balaban J connectivity index is 2.72. The molecule has 0 amide bonds. The van der Waals surface area contributed by atoms with Crippen LogP contribution < -0.4 is 0 Å². The van der Waals surface area contributed by atoms with E-state index in [1.54, 1.807) is 6.20 Å². The first-order valence-electron chi connectivity index (χ1n) is 4.07. The number of ether oxygens (including phenoxy) is 1. The molecule has 0 atom stereocenters. The van der Waals surface area contributed by atoms with Gasteiger partial charge in [-0.05, 0) is 29.8 Å². The molecule has 0 aromatic carbocycles. The second kappa shape index (κ2) is 4.62. The van der Waals surface area contributed by atoms with Gasteiger partial charge < -0.3 is 4.74 Å². The van der Waals surface area contributed by atoms with Crippen molar-refractivity contribution in [3.63, 3.8) is 0 Å². The second-order valence-electron chi connectivity index (χ2n) is 2.39. The highest BCUT2D eigenvalue weighted by Crippen LogP contribution is 2.16. The average Bonchev–Trinajstić information content (AvgIpc) is 2.43. The third-order valence-corrected chi connectivity index (χ3v) is 2.30. The van der Waals surface area contributed by atoms with Crippen molar-refractivity contribution in [2.45, 2.75) is 27.0 Å². The van der Waals surface area contributed by atoms with Crippen LogP contribution in [0.5, 0.6) is 0 Å². The zero-order valence-electron chi connectivity index (χ0n) is 7.38. The van der Waals surface area contributed by atoms with Gasteiger partial charge in [-0.2, -0.15) is 5.10 Å². The maximum absolute atomic E-state index is 5.31. The zero-order chi connectivity index (χ0) is 8.97. The summed E-state index contributed by atoms with van der Waals surface area (Å²) in [5.74, 6) is 0. The van der Waals surface area contributed by atoms with Gasteiger partial charge in [-0.15, -0.1) is 0 Å². The number of nitrogens with zero attached hydrogens (tertiary/aromatic N) is 2. The molecule has 0 aliphatic rings. The smallest absolute Gasteiger partial charge is 0.0896 e. The van der Waals surface area contributed by atoms with E-state index in [1.807, 2.05) is 11.6 Å². The highest BCUT2D eigenvalue weighted by atomic mass is 79.9. The van der Waals surface area contributed by atoms with E-state index >= 15 is 0 Å². The van der Waals surface area contributed by atoms with Crippen LogP contribution in [0.2, 0.25) is 0 Å². The molecule has 0 spiro atoms. The predicted octanol–water partition coefficient (Wildman–Crippen LogP) is 2.20. The number of hydrogen-bond acceptors (Lipinski definition) is 2. The Labute approximate surface area is 80.8 Å². The van der Waals surface area contributed by atoms with E-state index in [0.717, 1.165) is 23.3 Å². The van der Waals surface area contributed by atoms with Gasteiger partial charge in [0.2, 0.25) is 0 Å². The van der Waals surface area contributed by atoms with Crippen LogP contribution in [0.4, 0.5) is 0 Å². The molecular formula is C8H13BrN2O. The maximum atomic E-state index is 5.31. The van der Waals surface area contributed by atoms with Gasteiger partial charge in [0.25, 0.3) is 0 Å². The molecule has 0 fully saturated rings. The molecule has 0 saturated carbocycles. The van der Waals surface area contributed by atoms with Crippen LogP contribution >= 0.6 is 15.9 Å². The Morgan fingerprint density at radius 3 is 2.92 bits per heavy atom. The van der Waals surface area contributed by atoms with Crippen molar-refractivity contribution < 1.29 is 4.74 Å². The normalized spacial score (nSPS) is 10.6. The Bertz CT molecular complexity index is 247. The van der Waals surface area contributed by atoms with Crippen LogP contribution in [-0.2, 0) is 17.9 Å². The van der Waals surface area contributed by atoms with E-state index in [9.17, 15) is 0 Å². The van der Waals surface area contributed by atoms with Gasteiger partial charge in [0.1, 0.15) is 0 Å². The SMILES string of the molecule is CCOCc1c(Br)cnn1CC. The molecule has 0 saturated heterocycles. The Kier molecular flexibility index (Phi) is 3.75. The summed E-state index contributed by atoms with van der Waals surface area (Å²) in [6, 6.07) is 0. The number of halogens is 1. The van der Waals surface area contributed by atoms with Gasteiger partial charge >= 0.3 is 0 Å². The summed E-state index contributed by atoms with van der Waals surface area (Å²) in [7, 11) is 0. The van der Waals surface area contributed by atoms with Crippen molar-refractivity contribution >= 4 is 15.9 Å².